The van der Waals surface area contributed by atoms with Crippen molar-refractivity contribution in [3.63, 3.8) is 0 Å². The number of nitrogens with zero attached hydrogens (tertiary/aromatic N) is 2. The Morgan fingerprint density at radius 3 is 2.44 bits per heavy atom. The number of carbonyl (C=O) groups excluding carboxylic acids is 1. The van der Waals surface area contributed by atoms with Crippen LogP contribution in [0.15, 0.2) is 42.6 Å². The van der Waals surface area contributed by atoms with Crippen molar-refractivity contribution in [2.75, 3.05) is 4.90 Å². The summed E-state index contributed by atoms with van der Waals surface area (Å²) < 4.78 is 0. The van der Waals surface area contributed by atoms with Crippen LogP contribution in [0, 0.1) is 6.92 Å². The molecule has 1 aromatic heterocycles. The molecule has 0 aliphatic rings. The third kappa shape index (κ3) is 3.36. The largest absolute Gasteiger partial charge is 0.351 e. The van der Waals surface area contributed by atoms with Crippen molar-refractivity contribution in [3.8, 4) is 0 Å². The van der Waals surface area contributed by atoms with Gasteiger partial charge in [0, 0.05) is 5.39 Å². The Morgan fingerprint density at radius 1 is 1.16 bits per heavy atom. The Kier molecular flexibility index (Phi) is 4.25. The summed E-state index contributed by atoms with van der Waals surface area (Å²) >= 11 is 0. The van der Waals surface area contributed by atoms with E-state index >= 15 is 0 Å². The Labute approximate surface area is 147 Å². The lowest BCUT2D eigenvalue weighted by Gasteiger charge is -2.23. The molecule has 3 rings (SSSR count). The quantitative estimate of drug-likeness (QED) is 0.750. The lowest BCUT2D eigenvalue weighted by molar-refractivity contribution is 0.253. The van der Waals surface area contributed by atoms with Crippen LogP contribution in [0.1, 0.15) is 37.5 Å². The Balaban J connectivity index is 1.96. The third-order valence-corrected chi connectivity index (χ3v) is 4.52. The molecule has 0 aliphatic carbocycles. The summed E-state index contributed by atoms with van der Waals surface area (Å²) in [6.45, 7) is 8.96. The van der Waals surface area contributed by atoms with E-state index in [9.17, 15) is 4.79 Å². The van der Waals surface area contributed by atoms with Crippen molar-refractivity contribution in [1.82, 2.24) is 10.2 Å². The molecule has 5 heteroatoms. The average Bonchev–Trinajstić information content (AvgIpc) is 3.03. The molecule has 0 atom stereocenters. The summed E-state index contributed by atoms with van der Waals surface area (Å²) in [6, 6.07) is 11.7. The number of anilines is 1. The van der Waals surface area contributed by atoms with Crippen molar-refractivity contribution < 1.29 is 4.79 Å². The maximum Gasteiger partial charge on any atom is 0.319 e. The molecule has 0 unspecified atom stereocenters. The van der Waals surface area contributed by atoms with Gasteiger partial charge in [0.25, 0.3) is 0 Å². The third-order valence-electron chi connectivity index (χ3n) is 4.52. The normalized spacial score (nSPS) is 11.7. The van der Waals surface area contributed by atoms with Crippen molar-refractivity contribution in [3.05, 3.63) is 59.3 Å². The molecule has 1 heterocycles. The van der Waals surface area contributed by atoms with Gasteiger partial charge in [-0.05, 0) is 35.1 Å². The van der Waals surface area contributed by atoms with Crippen LogP contribution in [0.3, 0.4) is 0 Å². The molecule has 0 saturated heterocycles. The van der Waals surface area contributed by atoms with Gasteiger partial charge in [-0.1, -0.05) is 51.1 Å². The Morgan fingerprint density at radius 2 is 1.84 bits per heavy atom. The number of hydrogen-bond acceptors (Lipinski definition) is 2. The van der Waals surface area contributed by atoms with Crippen LogP contribution in [0.5, 0.6) is 0 Å². The minimum atomic E-state index is -0.480. The predicted octanol–water partition coefficient (Wildman–Crippen LogP) is 4.25. The molecule has 2 amide bonds. The zero-order valence-electron chi connectivity index (χ0n) is 15.1. The first-order chi connectivity index (χ1) is 11.8. The molecule has 3 N–H and O–H groups in total. The van der Waals surface area contributed by atoms with Gasteiger partial charge in [-0.2, -0.15) is 5.10 Å². The van der Waals surface area contributed by atoms with Crippen molar-refractivity contribution in [1.29, 1.82) is 0 Å². The topological polar surface area (TPSA) is 75.0 Å². The number of nitrogens with two attached hydrogens (primary N) is 1. The highest BCUT2D eigenvalue weighted by Crippen LogP contribution is 2.29. The van der Waals surface area contributed by atoms with E-state index in [1.165, 1.54) is 5.56 Å². The molecule has 0 spiro atoms. The number of rotatable bonds is 3. The zero-order chi connectivity index (χ0) is 18.2. The summed E-state index contributed by atoms with van der Waals surface area (Å²) in [4.78, 5) is 13.7. The van der Waals surface area contributed by atoms with E-state index in [1.807, 2.05) is 19.1 Å². The number of benzene rings is 2. The van der Waals surface area contributed by atoms with Crippen LogP contribution in [0.25, 0.3) is 10.9 Å². The smallest absolute Gasteiger partial charge is 0.319 e. The number of urea groups is 1. The number of aromatic nitrogens is 2. The first-order valence-electron chi connectivity index (χ1n) is 8.36. The second kappa shape index (κ2) is 6.24. The number of aryl methyl sites for hydroxylation is 1. The van der Waals surface area contributed by atoms with E-state index < -0.39 is 6.03 Å². The van der Waals surface area contributed by atoms with Gasteiger partial charge in [-0.3, -0.25) is 10.00 Å². The molecule has 0 aliphatic heterocycles. The highest BCUT2D eigenvalue weighted by molar-refractivity contribution is 6.02. The second-order valence-electron chi connectivity index (χ2n) is 7.43. The van der Waals surface area contributed by atoms with Gasteiger partial charge in [0.1, 0.15) is 0 Å². The van der Waals surface area contributed by atoms with Crippen LogP contribution in [-0.2, 0) is 12.0 Å². The number of primary amides is 1. The second-order valence-corrected chi connectivity index (χ2v) is 7.43. The van der Waals surface area contributed by atoms with Gasteiger partial charge in [-0.15, -0.1) is 0 Å². The molecule has 0 saturated carbocycles. The van der Waals surface area contributed by atoms with Gasteiger partial charge < -0.3 is 5.73 Å². The lowest BCUT2D eigenvalue weighted by Crippen LogP contribution is -2.35. The first kappa shape index (κ1) is 17.0. The van der Waals surface area contributed by atoms with E-state index in [4.69, 9.17) is 5.73 Å². The number of amides is 2. The number of fused-ring (bicyclic) bond motifs is 1. The van der Waals surface area contributed by atoms with E-state index in [0.29, 0.717) is 6.54 Å². The molecule has 25 heavy (non-hydrogen) atoms. The number of aromatic amines is 1. The molecule has 5 nitrogen and oxygen atoms in total. The van der Waals surface area contributed by atoms with Crippen molar-refractivity contribution >= 4 is 22.6 Å². The zero-order valence-corrected chi connectivity index (χ0v) is 15.1. The lowest BCUT2D eigenvalue weighted by atomic mass is 9.87. The van der Waals surface area contributed by atoms with E-state index in [1.54, 1.807) is 11.1 Å². The van der Waals surface area contributed by atoms with Crippen molar-refractivity contribution in [2.45, 2.75) is 39.7 Å². The minimum absolute atomic E-state index is 0.0990. The number of H-pyrrole nitrogens is 1. The summed E-state index contributed by atoms with van der Waals surface area (Å²) in [5, 5.41) is 7.98. The molecular weight excluding hydrogens is 312 g/mol. The van der Waals surface area contributed by atoms with E-state index in [-0.39, 0.29) is 5.41 Å². The fourth-order valence-electron chi connectivity index (χ4n) is 2.97. The Hall–Kier alpha value is -2.82. The Bertz CT molecular complexity index is 904. The van der Waals surface area contributed by atoms with Crippen LogP contribution < -0.4 is 10.6 Å². The molecule has 130 valence electrons. The standard InChI is InChI=1S/C20H24N4O/c1-13-5-10-17(16-11-22-23-18(13)16)24(19(21)25)12-14-6-8-15(9-7-14)20(2,3)4/h5-11H,12H2,1-4H3,(H2,21,25)(H,22,23). The molecule has 0 radical (unpaired) electrons. The van der Waals surface area contributed by atoms with Gasteiger partial charge in [0.15, 0.2) is 0 Å². The van der Waals surface area contributed by atoms with Crippen LogP contribution in [0.4, 0.5) is 10.5 Å². The summed E-state index contributed by atoms with van der Waals surface area (Å²) in [5.41, 5.74) is 10.8. The van der Waals surface area contributed by atoms with E-state index in [2.05, 4.69) is 55.2 Å². The van der Waals surface area contributed by atoms with Gasteiger partial charge >= 0.3 is 6.03 Å². The monoisotopic (exact) mass is 336 g/mol. The number of hydrogen-bond donors (Lipinski definition) is 2. The van der Waals surface area contributed by atoms with Gasteiger partial charge in [0.05, 0.1) is 23.9 Å². The van der Waals surface area contributed by atoms with Crippen molar-refractivity contribution in [2.24, 2.45) is 5.73 Å². The minimum Gasteiger partial charge on any atom is -0.351 e. The maximum atomic E-state index is 12.1. The summed E-state index contributed by atoms with van der Waals surface area (Å²) in [5.74, 6) is 0. The number of nitrogens with one attached hydrogen (secondary N) is 1. The average molecular weight is 336 g/mol. The summed E-state index contributed by atoms with van der Waals surface area (Å²) in [7, 11) is 0. The fraction of sp³-hybridized carbons (Fsp3) is 0.300. The SMILES string of the molecule is Cc1ccc(N(Cc2ccc(C(C)(C)C)cc2)C(N)=O)c2cn[nH]c12. The van der Waals surface area contributed by atoms with Crippen LogP contribution in [-0.4, -0.2) is 16.2 Å². The molecular formula is C20H24N4O. The maximum absolute atomic E-state index is 12.1. The summed E-state index contributed by atoms with van der Waals surface area (Å²) in [6.07, 6.45) is 1.73. The highest BCUT2D eigenvalue weighted by Gasteiger charge is 2.18. The molecule has 3 aromatic rings. The molecule has 0 bridgehead atoms. The van der Waals surface area contributed by atoms with Gasteiger partial charge in [0.2, 0.25) is 0 Å². The van der Waals surface area contributed by atoms with Crippen LogP contribution in [0.2, 0.25) is 0 Å². The predicted molar refractivity (Wildman–Crippen MR) is 102 cm³/mol. The van der Waals surface area contributed by atoms with E-state index in [0.717, 1.165) is 27.7 Å². The van der Waals surface area contributed by atoms with Crippen LogP contribution >= 0.6 is 0 Å². The molecule has 2 aromatic carbocycles. The fourth-order valence-corrected chi connectivity index (χ4v) is 2.97. The highest BCUT2D eigenvalue weighted by atomic mass is 16.2. The first-order valence-corrected chi connectivity index (χ1v) is 8.36. The molecule has 0 fully saturated rings. The number of carbonyl (C=O) groups is 1. The van der Waals surface area contributed by atoms with Gasteiger partial charge in [-0.25, -0.2) is 4.79 Å².